The summed E-state index contributed by atoms with van der Waals surface area (Å²) < 4.78 is 1.87. The molecular weight excluding hydrogens is 324 g/mol. The molecule has 2 rings (SSSR count). The van der Waals surface area contributed by atoms with Gasteiger partial charge in [0, 0.05) is 31.0 Å². The van der Waals surface area contributed by atoms with Gasteiger partial charge >= 0.3 is 0 Å². The number of nitrogens with zero attached hydrogens (tertiary/aromatic N) is 3. The van der Waals surface area contributed by atoms with Crippen LogP contribution < -0.4 is 16.0 Å². The first kappa shape index (κ1) is 20.0. The van der Waals surface area contributed by atoms with E-state index in [0.29, 0.717) is 0 Å². The van der Waals surface area contributed by atoms with E-state index in [1.807, 2.05) is 16.9 Å². The third-order valence-corrected chi connectivity index (χ3v) is 3.87. The SMILES string of the molecule is CCNC(=NCCNC(C)(C)C)NC(C)c1cccc(-n2cccn2)c1. The maximum Gasteiger partial charge on any atom is 0.191 e. The molecule has 142 valence electrons. The lowest BCUT2D eigenvalue weighted by molar-refractivity contribution is 0.432. The van der Waals surface area contributed by atoms with E-state index in [4.69, 9.17) is 0 Å². The number of aliphatic imine (C=N–C) groups is 1. The lowest BCUT2D eigenvalue weighted by Gasteiger charge is -2.21. The maximum absolute atomic E-state index is 4.67. The minimum atomic E-state index is 0.113. The molecule has 0 saturated carbocycles. The Hall–Kier alpha value is -2.34. The van der Waals surface area contributed by atoms with Gasteiger partial charge in [-0.05, 0) is 58.4 Å². The van der Waals surface area contributed by atoms with Crippen molar-refractivity contribution in [1.82, 2.24) is 25.7 Å². The highest BCUT2D eigenvalue weighted by molar-refractivity contribution is 5.80. The normalized spacial score (nSPS) is 13.5. The van der Waals surface area contributed by atoms with Gasteiger partial charge in [-0.3, -0.25) is 4.99 Å². The van der Waals surface area contributed by atoms with Crippen LogP contribution in [0.2, 0.25) is 0 Å². The second kappa shape index (κ2) is 9.38. The first-order chi connectivity index (χ1) is 12.4. The van der Waals surface area contributed by atoms with Crippen LogP contribution in [0.15, 0.2) is 47.7 Å². The standard InChI is InChI=1S/C20H32N6/c1-6-21-19(22-12-13-23-20(3,4)5)25-16(2)17-9-7-10-18(15-17)26-14-8-11-24-26/h7-11,14-16,23H,6,12-13H2,1-5H3,(H2,21,22,25). The highest BCUT2D eigenvalue weighted by atomic mass is 15.3. The van der Waals surface area contributed by atoms with Gasteiger partial charge in [0.15, 0.2) is 5.96 Å². The first-order valence-electron chi connectivity index (χ1n) is 9.29. The first-order valence-corrected chi connectivity index (χ1v) is 9.29. The lowest BCUT2D eigenvalue weighted by atomic mass is 10.1. The molecule has 1 unspecified atom stereocenters. The van der Waals surface area contributed by atoms with E-state index in [-0.39, 0.29) is 11.6 Å². The molecule has 0 amide bonds. The average molecular weight is 357 g/mol. The molecule has 1 aromatic carbocycles. The number of nitrogens with one attached hydrogen (secondary N) is 3. The Morgan fingerprint density at radius 3 is 2.73 bits per heavy atom. The zero-order chi connectivity index (χ0) is 19.0. The topological polar surface area (TPSA) is 66.3 Å². The number of benzene rings is 1. The van der Waals surface area contributed by atoms with Crippen LogP contribution in [0.25, 0.3) is 5.69 Å². The number of rotatable bonds is 7. The summed E-state index contributed by atoms with van der Waals surface area (Å²) >= 11 is 0. The van der Waals surface area contributed by atoms with Gasteiger partial charge in [-0.25, -0.2) is 4.68 Å². The van der Waals surface area contributed by atoms with Crippen LogP contribution in [-0.2, 0) is 0 Å². The molecule has 1 heterocycles. The fourth-order valence-corrected chi connectivity index (χ4v) is 2.57. The van der Waals surface area contributed by atoms with Crippen molar-refractivity contribution in [2.45, 2.75) is 46.2 Å². The van der Waals surface area contributed by atoms with Crippen molar-refractivity contribution < 1.29 is 0 Å². The van der Waals surface area contributed by atoms with E-state index in [1.165, 1.54) is 5.56 Å². The smallest absolute Gasteiger partial charge is 0.191 e. The number of hydrogen-bond donors (Lipinski definition) is 3. The molecule has 0 fully saturated rings. The van der Waals surface area contributed by atoms with Crippen molar-refractivity contribution in [3.8, 4) is 5.69 Å². The largest absolute Gasteiger partial charge is 0.357 e. The minimum Gasteiger partial charge on any atom is -0.357 e. The molecule has 0 aliphatic heterocycles. The molecule has 0 radical (unpaired) electrons. The van der Waals surface area contributed by atoms with Gasteiger partial charge < -0.3 is 16.0 Å². The Labute approximate surface area is 157 Å². The summed E-state index contributed by atoms with van der Waals surface area (Å²) in [6, 6.07) is 10.4. The van der Waals surface area contributed by atoms with Gasteiger partial charge in [0.25, 0.3) is 0 Å². The molecule has 6 heteroatoms. The van der Waals surface area contributed by atoms with E-state index >= 15 is 0 Å². The van der Waals surface area contributed by atoms with Crippen molar-refractivity contribution in [2.75, 3.05) is 19.6 Å². The Morgan fingerprint density at radius 2 is 2.08 bits per heavy atom. The molecule has 0 aliphatic rings. The van der Waals surface area contributed by atoms with Crippen molar-refractivity contribution in [3.05, 3.63) is 48.3 Å². The Balaban J connectivity index is 2.00. The van der Waals surface area contributed by atoms with Gasteiger partial charge in [-0.2, -0.15) is 5.10 Å². The van der Waals surface area contributed by atoms with Crippen LogP contribution in [0, 0.1) is 0 Å². The van der Waals surface area contributed by atoms with Crippen LogP contribution >= 0.6 is 0 Å². The highest BCUT2D eigenvalue weighted by Crippen LogP contribution is 2.16. The fraction of sp³-hybridized carbons (Fsp3) is 0.500. The second-order valence-electron chi connectivity index (χ2n) is 7.35. The summed E-state index contributed by atoms with van der Waals surface area (Å²) in [5.74, 6) is 0.834. The summed E-state index contributed by atoms with van der Waals surface area (Å²) in [6.07, 6.45) is 3.74. The third kappa shape index (κ3) is 6.52. The van der Waals surface area contributed by atoms with E-state index in [2.05, 4.69) is 84.9 Å². The molecule has 0 spiro atoms. The predicted molar refractivity (Wildman–Crippen MR) is 109 cm³/mol. The molecule has 0 bridgehead atoms. The second-order valence-corrected chi connectivity index (χ2v) is 7.35. The van der Waals surface area contributed by atoms with Gasteiger partial charge in [-0.1, -0.05) is 12.1 Å². The van der Waals surface area contributed by atoms with Crippen LogP contribution in [0.1, 0.15) is 46.2 Å². The van der Waals surface area contributed by atoms with Crippen molar-refractivity contribution in [2.24, 2.45) is 4.99 Å². The van der Waals surface area contributed by atoms with Crippen LogP contribution in [0.5, 0.6) is 0 Å². The molecule has 1 atom stereocenters. The van der Waals surface area contributed by atoms with Gasteiger partial charge in [0.05, 0.1) is 18.3 Å². The quantitative estimate of drug-likeness (QED) is 0.405. The molecule has 6 nitrogen and oxygen atoms in total. The molecule has 2 aromatic rings. The van der Waals surface area contributed by atoms with E-state index in [1.54, 1.807) is 6.20 Å². The summed E-state index contributed by atoms with van der Waals surface area (Å²) in [4.78, 5) is 4.67. The van der Waals surface area contributed by atoms with Gasteiger partial charge in [0.2, 0.25) is 0 Å². The molecule has 0 aliphatic carbocycles. The molecule has 3 N–H and O–H groups in total. The van der Waals surface area contributed by atoms with E-state index in [9.17, 15) is 0 Å². The van der Waals surface area contributed by atoms with E-state index in [0.717, 1.165) is 31.3 Å². The lowest BCUT2D eigenvalue weighted by Crippen LogP contribution is -2.40. The van der Waals surface area contributed by atoms with Crippen molar-refractivity contribution in [1.29, 1.82) is 0 Å². The third-order valence-electron chi connectivity index (χ3n) is 3.87. The summed E-state index contributed by atoms with van der Waals surface area (Å²) in [7, 11) is 0. The number of guanidine groups is 1. The minimum absolute atomic E-state index is 0.113. The molecule has 26 heavy (non-hydrogen) atoms. The maximum atomic E-state index is 4.67. The summed E-state index contributed by atoms with van der Waals surface area (Å²) in [5.41, 5.74) is 2.36. The molecular formula is C20H32N6. The molecule has 1 aromatic heterocycles. The van der Waals surface area contributed by atoms with Crippen molar-refractivity contribution >= 4 is 5.96 Å². The van der Waals surface area contributed by atoms with Crippen LogP contribution in [-0.4, -0.2) is 40.9 Å². The monoisotopic (exact) mass is 356 g/mol. The summed E-state index contributed by atoms with van der Waals surface area (Å²) in [5, 5.41) is 14.6. The van der Waals surface area contributed by atoms with Gasteiger partial charge in [0.1, 0.15) is 0 Å². The van der Waals surface area contributed by atoms with Crippen LogP contribution in [0.3, 0.4) is 0 Å². The summed E-state index contributed by atoms with van der Waals surface area (Å²) in [6.45, 7) is 13.1. The Bertz CT molecular complexity index is 685. The van der Waals surface area contributed by atoms with Crippen LogP contribution in [0.4, 0.5) is 0 Å². The number of hydrogen-bond acceptors (Lipinski definition) is 3. The Kier molecular flexibility index (Phi) is 7.21. The fourth-order valence-electron chi connectivity index (χ4n) is 2.57. The number of aromatic nitrogens is 2. The zero-order valence-corrected chi connectivity index (χ0v) is 16.6. The van der Waals surface area contributed by atoms with E-state index < -0.39 is 0 Å². The zero-order valence-electron chi connectivity index (χ0n) is 16.6. The highest BCUT2D eigenvalue weighted by Gasteiger charge is 2.10. The Morgan fingerprint density at radius 1 is 1.27 bits per heavy atom. The predicted octanol–water partition coefficient (Wildman–Crippen LogP) is 2.88. The van der Waals surface area contributed by atoms with Crippen molar-refractivity contribution in [3.63, 3.8) is 0 Å². The average Bonchev–Trinajstić information content (AvgIpc) is 3.12. The molecule has 0 saturated heterocycles. The van der Waals surface area contributed by atoms with Gasteiger partial charge in [-0.15, -0.1) is 0 Å².